The van der Waals surface area contributed by atoms with Crippen LogP contribution in [0.15, 0.2) is 17.3 Å². The molecule has 0 amide bonds. The molecule has 0 aromatic carbocycles. The van der Waals surface area contributed by atoms with Crippen molar-refractivity contribution >= 4 is 11.3 Å². The highest BCUT2D eigenvalue weighted by atomic mass is 32.1. The lowest BCUT2D eigenvalue weighted by Gasteiger charge is -1.88. The molecule has 0 spiro atoms. The molecule has 2 aromatic rings. The lowest BCUT2D eigenvalue weighted by Crippen LogP contribution is -2.13. The van der Waals surface area contributed by atoms with Gasteiger partial charge in [0.15, 0.2) is 5.13 Å². The number of aromatic amines is 1. The molecule has 0 atom stereocenters. The number of aliphatic hydroxyl groups excluding tert-OH is 1. The van der Waals surface area contributed by atoms with Gasteiger partial charge in [0.25, 0.3) is 0 Å². The number of thiazole rings is 1. The van der Waals surface area contributed by atoms with Gasteiger partial charge in [-0.2, -0.15) is 5.10 Å². The molecule has 2 N–H and O–H groups in total. The number of H-pyrrole nitrogens is 1. The summed E-state index contributed by atoms with van der Waals surface area (Å²) >= 11 is 1.25. The van der Waals surface area contributed by atoms with Crippen molar-refractivity contribution in [3.8, 4) is 17.0 Å². The van der Waals surface area contributed by atoms with E-state index in [2.05, 4.69) is 27.0 Å². The van der Waals surface area contributed by atoms with Gasteiger partial charge >= 0.3 is 5.69 Å². The number of hydrogen-bond acceptors (Lipinski definition) is 5. The smallest absolute Gasteiger partial charge is 0.349 e. The highest BCUT2D eigenvalue weighted by molar-refractivity contribution is 7.14. The molecule has 2 rings (SSSR count). The van der Waals surface area contributed by atoms with Gasteiger partial charge in [-0.25, -0.2) is 19.4 Å². The van der Waals surface area contributed by atoms with Crippen LogP contribution < -0.4 is 5.69 Å². The number of nitrogens with one attached hydrogen (secondary N) is 1. The standard InChI is InChI=1S/C8H6N4O2S/c13-3-1-2-6-4-9-8(15-6)12-5-10-11-7(12)14/h4-5,13H,3H2,(H,11,14). The molecule has 0 bridgehead atoms. The van der Waals surface area contributed by atoms with Gasteiger partial charge in [0, 0.05) is 0 Å². The van der Waals surface area contributed by atoms with Crippen molar-refractivity contribution in [3.05, 3.63) is 27.9 Å². The first-order valence-corrected chi connectivity index (χ1v) is 4.81. The zero-order chi connectivity index (χ0) is 10.7. The molecule has 0 radical (unpaired) electrons. The van der Waals surface area contributed by atoms with Gasteiger partial charge in [-0.05, 0) is 0 Å². The fourth-order valence-corrected chi connectivity index (χ4v) is 1.70. The van der Waals surface area contributed by atoms with E-state index in [1.807, 2.05) is 0 Å². The molecule has 0 unspecified atom stereocenters. The third-order valence-electron chi connectivity index (χ3n) is 1.54. The van der Waals surface area contributed by atoms with E-state index in [1.54, 1.807) is 6.20 Å². The molecule has 2 heterocycles. The van der Waals surface area contributed by atoms with Crippen LogP contribution in [0.1, 0.15) is 4.88 Å². The van der Waals surface area contributed by atoms with Crippen molar-refractivity contribution < 1.29 is 5.11 Å². The Morgan fingerprint density at radius 2 is 2.53 bits per heavy atom. The van der Waals surface area contributed by atoms with E-state index >= 15 is 0 Å². The molecule has 0 fully saturated rings. The molecule has 0 aliphatic heterocycles. The maximum absolute atomic E-state index is 11.2. The van der Waals surface area contributed by atoms with Crippen LogP contribution in [0.3, 0.4) is 0 Å². The van der Waals surface area contributed by atoms with Gasteiger partial charge < -0.3 is 5.11 Å². The molecule has 2 aromatic heterocycles. The Balaban J connectivity index is 2.36. The molecule has 0 aliphatic carbocycles. The second-order valence-corrected chi connectivity index (χ2v) is 3.51. The topological polar surface area (TPSA) is 83.8 Å². The van der Waals surface area contributed by atoms with Gasteiger partial charge in [0.1, 0.15) is 12.9 Å². The van der Waals surface area contributed by atoms with Crippen LogP contribution in [0.4, 0.5) is 0 Å². The van der Waals surface area contributed by atoms with Crippen molar-refractivity contribution in [2.45, 2.75) is 0 Å². The minimum atomic E-state index is -0.342. The van der Waals surface area contributed by atoms with Crippen molar-refractivity contribution in [2.75, 3.05) is 6.61 Å². The minimum Gasteiger partial charge on any atom is -0.384 e. The van der Waals surface area contributed by atoms with E-state index < -0.39 is 0 Å². The van der Waals surface area contributed by atoms with Gasteiger partial charge in [-0.3, -0.25) is 0 Å². The fourth-order valence-electron chi connectivity index (χ4n) is 0.945. The average Bonchev–Trinajstić information content (AvgIpc) is 2.83. The highest BCUT2D eigenvalue weighted by Crippen LogP contribution is 2.13. The lowest BCUT2D eigenvalue weighted by molar-refractivity contribution is 0.350. The fraction of sp³-hybridized carbons (Fsp3) is 0.125. The van der Waals surface area contributed by atoms with Crippen molar-refractivity contribution in [3.63, 3.8) is 0 Å². The van der Waals surface area contributed by atoms with E-state index in [-0.39, 0.29) is 12.3 Å². The second kappa shape index (κ2) is 4.08. The Labute approximate surface area is 88.2 Å². The number of aliphatic hydroxyl groups is 1. The molecule has 15 heavy (non-hydrogen) atoms. The van der Waals surface area contributed by atoms with Crippen molar-refractivity contribution in [1.82, 2.24) is 19.7 Å². The number of rotatable bonds is 1. The van der Waals surface area contributed by atoms with Gasteiger partial charge in [-0.1, -0.05) is 23.2 Å². The van der Waals surface area contributed by atoms with Crippen LogP contribution >= 0.6 is 11.3 Å². The minimum absolute atomic E-state index is 0.196. The first-order chi connectivity index (χ1) is 7.31. The first-order valence-electron chi connectivity index (χ1n) is 3.99. The van der Waals surface area contributed by atoms with Crippen LogP contribution in [0, 0.1) is 11.8 Å². The second-order valence-electron chi connectivity index (χ2n) is 2.50. The van der Waals surface area contributed by atoms with Crippen LogP contribution in [-0.4, -0.2) is 31.5 Å². The zero-order valence-corrected chi connectivity index (χ0v) is 8.28. The van der Waals surface area contributed by atoms with Crippen LogP contribution in [0.5, 0.6) is 0 Å². The van der Waals surface area contributed by atoms with E-state index in [1.165, 1.54) is 22.2 Å². The monoisotopic (exact) mass is 222 g/mol. The predicted molar refractivity (Wildman–Crippen MR) is 53.8 cm³/mol. The first kappa shape index (κ1) is 9.64. The molecule has 6 nitrogen and oxygen atoms in total. The summed E-state index contributed by atoms with van der Waals surface area (Å²) in [7, 11) is 0. The molecular weight excluding hydrogens is 216 g/mol. The Bertz CT molecular complexity index is 571. The Morgan fingerprint density at radius 3 is 3.20 bits per heavy atom. The summed E-state index contributed by atoms with van der Waals surface area (Å²) in [6.07, 6.45) is 2.90. The molecular formula is C8H6N4O2S. The predicted octanol–water partition coefficient (Wildman–Crippen LogP) is -0.639. The quantitative estimate of drug-likeness (QED) is 0.629. The molecule has 0 saturated carbocycles. The SMILES string of the molecule is O=c1[nH]ncn1-c1ncc(C#CCO)s1. The van der Waals surface area contributed by atoms with E-state index in [0.717, 1.165) is 0 Å². The number of hydrogen-bond donors (Lipinski definition) is 2. The summed E-state index contributed by atoms with van der Waals surface area (Å²) in [5, 5.41) is 14.9. The van der Waals surface area contributed by atoms with E-state index in [0.29, 0.717) is 10.0 Å². The molecule has 0 saturated heterocycles. The Morgan fingerprint density at radius 1 is 1.67 bits per heavy atom. The van der Waals surface area contributed by atoms with E-state index in [4.69, 9.17) is 5.11 Å². The van der Waals surface area contributed by atoms with Crippen molar-refractivity contribution in [1.29, 1.82) is 0 Å². The number of aromatic nitrogens is 4. The summed E-state index contributed by atoms with van der Waals surface area (Å²) in [4.78, 5) is 15.9. The van der Waals surface area contributed by atoms with Crippen LogP contribution in [0.2, 0.25) is 0 Å². The summed E-state index contributed by atoms with van der Waals surface area (Å²) in [5.74, 6) is 5.21. The van der Waals surface area contributed by atoms with Crippen molar-refractivity contribution in [2.24, 2.45) is 0 Å². The van der Waals surface area contributed by atoms with Gasteiger partial charge in [0.05, 0.1) is 11.1 Å². The summed E-state index contributed by atoms with van der Waals surface area (Å²) in [6.45, 7) is -0.196. The third-order valence-corrected chi connectivity index (χ3v) is 2.45. The lowest BCUT2D eigenvalue weighted by atomic mass is 10.5. The van der Waals surface area contributed by atoms with E-state index in [9.17, 15) is 4.79 Å². The maximum Gasteiger partial charge on any atom is 0.349 e. The summed E-state index contributed by atoms with van der Waals surface area (Å²) < 4.78 is 1.29. The van der Waals surface area contributed by atoms with Gasteiger partial charge in [-0.15, -0.1) is 0 Å². The maximum atomic E-state index is 11.2. The molecule has 76 valence electrons. The zero-order valence-electron chi connectivity index (χ0n) is 7.47. The Kier molecular flexibility index (Phi) is 2.62. The average molecular weight is 222 g/mol. The molecule has 0 aliphatic rings. The molecule has 7 heteroatoms. The Hall–Kier alpha value is -1.91. The van der Waals surface area contributed by atoms with Crippen LogP contribution in [0.25, 0.3) is 5.13 Å². The van der Waals surface area contributed by atoms with Gasteiger partial charge in [0.2, 0.25) is 0 Å². The normalized spacial score (nSPS) is 9.67. The number of nitrogens with zero attached hydrogens (tertiary/aromatic N) is 3. The summed E-state index contributed by atoms with van der Waals surface area (Å²) in [5.41, 5.74) is -0.342. The van der Waals surface area contributed by atoms with Crippen LogP contribution in [-0.2, 0) is 0 Å². The third kappa shape index (κ3) is 1.96. The summed E-state index contributed by atoms with van der Waals surface area (Å²) in [6, 6.07) is 0. The largest absolute Gasteiger partial charge is 0.384 e. The highest BCUT2D eigenvalue weighted by Gasteiger charge is 2.05.